The van der Waals surface area contributed by atoms with Gasteiger partial charge in [0.2, 0.25) is 0 Å². The van der Waals surface area contributed by atoms with Crippen molar-refractivity contribution in [1.29, 1.82) is 0 Å². The average molecular weight is 474 g/mol. The van der Waals surface area contributed by atoms with E-state index in [-0.39, 0.29) is 12.2 Å². The Balaban J connectivity index is 1.75. The van der Waals surface area contributed by atoms with Crippen LogP contribution in [0.3, 0.4) is 0 Å². The largest absolute Gasteiger partial charge is 0.497 e. The van der Waals surface area contributed by atoms with Crippen molar-refractivity contribution in [3.8, 4) is 5.75 Å². The number of benzene rings is 2. The van der Waals surface area contributed by atoms with Crippen LogP contribution in [0.1, 0.15) is 31.0 Å². The summed E-state index contributed by atoms with van der Waals surface area (Å²) in [6.45, 7) is 3.76. The Hall–Kier alpha value is -3.91. The Kier molecular flexibility index (Phi) is 5.67. The van der Waals surface area contributed by atoms with Crippen molar-refractivity contribution in [2.45, 2.75) is 19.9 Å². The molecule has 0 bridgehead atoms. The highest BCUT2D eigenvalue weighted by Gasteiger charge is 2.33. The molecule has 7 nitrogen and oxygen atoms in total. The number of ether oxygens (including phenoxy) is 2. The van der Waals surface area contributed by atoms with Crippen LogP contribution in [0.15, 0.2) is 75.8 Å². The highest BCUT2D eigenvalue weighted by atomic mass is 32.1. The summed E-state index contributed by atoms with van der Waals surface area (Å²) in [4.78, 5) is 35.1. The first-order valence-electron chi connectivity index (χ1n) is 10.9. The minimum atomic E-state index is -0.671. The molecule has 1 N–H and O–H groups in total. The number of hydrogen-bond donors (Lipinski definition) is 1. The van der Waals surface area contributed by atoms with Crippen LogP contribution in [0, 0.1) is 0 Å². The highest BCUT2D eigenvalue weighted by molar-refractivity contribution is 7.07. The Morgan fingerprint density at radius 3 is 2.85 bits per heavy atom. The number of aromatic nitrogens is 2. The van der Waals surface area contributed by atoms with Gasteiger partial charge in [0.05, 0.1) is 35.6 Å². The number of aromatic amines is 1. The van der Waals surface area contributed by atoms with E-state index in [1.807, 2.05) is 60.8 Å². The van der Waals surface area contributed by atoms with E-state index in [4.69, 9.17) is 9.47 Å². The monoisotopic (exact) mass is 473 g/mol. The molecule has 0 amide bonds. The molecule has 4 aromatic rings. The number of nitrogens with zero attached hydrogens (tertiary/aromatic N) is 2. The predicted molar refractivity (Wildman–Crippen MR) is 132 cm³/mol. The fraction of sp³-hybridized carbons (Fsp3) is 0.192. The molecule has 0 aliphatic carbocycles. The number of carbonyl (C=O) groups is 1. The van der Waals surface area contributed by atoms with E-state index >= 15 is 0 Å². The normalized spacial score (nSPS) is 15.9. The molecule has 0 saturated heterocycles. The first-order chi connectivity index (χ1) is 16.5. The molecule has 8 heteroatoms. The van der Waals surface area contributed by atoms with Gasteiger partial charge in [-0.15, -0.1) is 0 Å². The maximum atomic E-state index is 13.7. The van der Waals surface area contributed by atoms with Gasteiger partial charge < -0.3 is 14.5 Å². The van der Waals surface area contributed by atoms with Crippen molar-refractivity contribution in [2.75, 3.05) is 13.7 Å². The van der Waals surface area contributed by atoms with E-state index in [0.29, 0.717) is 26.4 Å². The number of hydrogen-bond acceptors (Lipinski definition) is 6. The van der Waals surface area contributed by atoms with Crippen LogP contribution >= 0.6 is 11.3 Å². The lowest BCUT2D eigenvalue weighted by atomic mass is 9.95. The summed E-state index contributed by atoms with van der Waals surface area (Å²) in [6, 6.07) is 14.6. The summed E-state index contributed by atoms with van der Waals surface area (Å²) in [5.41, 5.74) is 3.33. The molecule has 2 aromatic carbocycles. The van der Waals surface area contributed by atoms with Gasteiger partial charge in [0, 0.05) is 22.7 Å². The topological polar surface area (TPSA) is 85.7 Å². The minimum absolute atomic E-state index is 0.212. The molecule has 0 radical (unpaired) electrons. The Bertz CT molecular complexity index is 1620. The highest BCUT2D eigenvalue weighted by Crippen LogP contribution is 2.32. The van der Waals surface area contributed by atoms with Gasteiger partial charge in [0.1, 0.15) is 5.75 Å². The molecule has 1 unspecified atom stereocenters. The first-order valence-corrected chi connectivity index (χ1v) is 11.7. The lowest BCUT2D eigenvalue weighted by Crippen LogP contribution is -2.39. The molecule has 0 spiro atoms. The minimum Gasteiger partial charge on any atom is -0.497 e. The molecule has 0 saturated carbocycles. The fourth-order valence-electron chi connectivity index (χ4n) is 4.27. The molecule has 2 aromatic heterocycles. The summed E-state index contributed by atoms with van der Waals surface area (Å²) in [5, 5.41) is 1.03. The molecular formula is C26H23N3O4S. The number of allylic oxidation sites excluding steroid dienone is 1. The summed E-state index contributed by atoms with van der Waals surface area (Å²) in [7, 11) is 1.58. The number of esters is 1. The van der Waals surface area contributed by atoms with Crippen molar-refractivity contribution in [3.05, 3.63) is 96.8 Å². The smallest absolute Gasteiger partial charge is 0.338 e. The second kappa shape index (κ2) is 8.79. The number of carbonyl (C=O) groups excluding carboxylic acids is 1. The van der Waals surface area contributed by atoms with Gasteiger partial charge in [-0.05, 0) is 43.7 Å². The molecule has 34 heavy (non-hydrogen) atoms. The van der Waals surface area contributed by atoms with Crippen LogP contribution in [0.25, 0.3) is 17.0 Å². The fourth-order valence-corrected chi connectivity index (χ4v) is 5.31. The van der Waals surface area contributed by atoms with E-state index in [1.54, 1.807) is 25.5 Å². The number of methoxy groups -OCH3 is 1. The van der Waals surface area contributed by atoms with Gasteiger partial charge in [-0.2, -0.15) is 0 Å². The van der Waals surface area contributed by atoms with Crippen LogP contribution in [0.4, 0.5) is 0 Å². The van der Waals surface area contributed by atoms with E-state index in [2.05, 4.69) is 9.98 Å². The van der Waals surface area contributed by atoms with Crippen molar-refractivity contribution in [2.24, 2.45) is 4.99 Å². The zero-order valence-electron chi connectivity index (χ0n) is 19.0. The average Bonchev–Trinajstić information content (AvgIpc) is 3.39. The van der Waals surface area contributed by atoms with Gasteiger partial charge >= 0.3 is 5.97 Å². The van der Waals surface area contributed by atoms with Crippen LogP contribution in [0.5, 0.6) is 5.75 Å². The lowest BCUT2D eigenvalue weighted by molar-refractivity contribution is -0.139. The number of fused-ring (bicyclic) bond motifs is 2. The lowest BCUT2D eigenvalue weighted by Gasteiger charge is -2.24. The third-order valence-electron chi connectivity index (χ3n) is 5.83. The predicted octanol–water partition coefficient (Wildman–Crippen LogP) is 3.29. The van der Waals surface area contributed by atoms with Crippen LogP contribution in [-0.2, 0) is 9.53 Å². The summed E-state index contributed by atoms with van der Waals surface area (Å²) < 4.78 is 12.9. The third-order valence-corrected chi connectivity index (χ3v) is 6.82. The quantitative estimate of drug-likeness (QED) is 0.451. The molecule has 0 fully saturated rings. The molecule has 5 rings (SSSR count). The standard InChI is InChI=1S/C26H23N3O4S/c1-4-33-25(31)22-15(2)28-26-29(23(22)16-8-7-9-18(12-16)32-3)24(30)21(34-26)13-17-14-27-20-11-6-5-10-19(17)20/h5-14,23,27H,4H2,1-3H3. The van der Waals surface area contributed by atoms with Gasteiger partial charge in [-0.25, -0.2) is 9.79 Å². The van der Waals surface area contributed by atoms with E-state index in [0.717, 1.165) is 22.0 Å². The third kappa shape index (κ3) is 3.66. The van der Waals surface area contributed by atoms with E-state index < -0.39 is 12.0 Å². The zero-order valence-corrected chi connectivity index (χ0v) is 19.8. The summed E-state index contributed by atoms with van der Waals surface area (Å²) >= 11 is 1.30. The number of H-pyrrole nitrogens is 1. The van der Waals surface area contributed by atoms with E-state index in [1.165, 1.54) is 11.3 Å². The number of rotatable bonds is 5. The second-order valence-electron chi connectivity index (χ2n) is 7.87. The SMILES string of the molecule is CCOC(=O)C1=C(C)N=c2sc(=Cc3c[nH]c4ccccc34)c(=O)n2C1c1cccc(OC)c1. The first kappa shape index (κ1) is 21.9. The van der Waals surface area contributed by atoms with Gasteiger partial charge in [0.15, 0.2) is 4.80 Å². The van der Waals surface area contributed by atoms with Gasteiger partial charge in [-0.3, -0.25) is 9.36 Å². The van der Waals surface area contributed by atoms with Crippen molar-refractivity contribution in [1.82, 2.24) is 9.55 Å². The number of nitrogens with one attached hydrogen (secondary N) is 1. The Morgan fingerprint density at radius 2 is 2.06 bits per heavy atom. The van der Waals surface area contributed by atoms with Crippen molar-refractivity contribution >= 4 is 34.3 Å². The maximum absolute atomic E-state index is 13.7. The molecule has 1 aliphatic rings. The summed E-state index contributed by atoms with van der Waals surface area (Å²) in [5.74, 6) is 0.152. The molecular weight excluding hydrogens is 450 g/mol. The van der Waals surface area contributed by atoms with Gasteiger partial charge in [0.25, 0.3) is 5.56 Å². The molecule has 3 heterocycles. The number of para-hydroxylation sites is 1. The number of thiazole rings is 1. The molecule has 1 aliphatic heterocycles. The van der Waals surface area contributed by atoms with Gasteiger partial charge in [-0.1, -0.05) is 41.7 Å². The molecule has 172 valence electrons. The summed E-state index contributed by atoms with van der Waals surface area (Å²) in [6.07, 6.45) is 3.76. The van der Waals surface area contributed by atoms with Crippen molar-refractivity contribution in [3.63, 3.8) is 0 Å². The second-order valence-corrected chi connectivity index (χ2v) is 8.88. The van der Waals surface area contributed by atoms with Crippen LogP contribution in [-0.4, -0.2) is 29.2 Å². The molecule has 1 atom stereocenters. The Morgan fingerprint density at radius 1 is 1.24 bits per heavy atom. The maximum Gasteiger partial charge on any atom is 0.338 e. The van der Waals surface area contributed by atoms with Crippen LogP contribution < -0.4 is 19.6 Å². The van der Waals surface area contributed by atoms with Crippen LogP contribution in [0.2, 0.25) is 0 Å². The Labute approximate surface area is 199 Å². The van der Waals surface area contributed by atoms with E-state index in [9.17, 15) is 9.59 Å². The zero-order chi connectivity index (χ0) is 23.8. The van der Waals surface area contributed by atoms with Crippen molar-refractivity contribution < 1.29 is 14.3 Å².